The van der Waals surface area contributed by atoms with Crippen LogP contribution in [0.4, 0.5) is 10.1 Å². The van der Waals surface area contributed by atoms with Crippen molar-refractivity contribution < 1.29 is 13.9 Å². The number of methoxy groups -OCH3 is 1. The van der Waals surface area contributed by atoms with Crippen molar-refractivity contribution in [1.82, 2.24) is 0 Å². The van der Waals surface area contributed by atoms with E-state index in [-0.39, 0.29) is 17.6 Å². The molecule has 0 aliphatic carbocycles. The zero-order valence-electron chi connectivity index (χ0n) is 9.65. The molecule has 0 N–H and O–H groups in total. The molecule has 17 heavy (non-hydrogen) atoms. The van der Waals surface area contributed by atoms with Gasteiger partial charge in [0.2, 0.25) is 5.91 Å². The Bertz CT molecular complexity index is 459. The van der Waals surface area contributed by atoms with Crippen molar-refractivity contribution in [3.63, 3.8) is 0 Å². The lowest BCUT2D eigenvalue weighted by molar-refractivity contribution is -0.117. The first-order valence-corrected chi connectivity index (χ1v) is 5.42. The van der Waals surface area contributed by atoms with Crippen LogP contribution in [-0.2, 0) is 4.79 Å². The highest BCUT2D eigenvalue weighted by Gasteiger charge is 2.29. The second kappa shape index (κ2) is 4.57. The summed E-state index contributed by atoms with van der Waals surface area (Å²) in [6.45, 7) is 4.24. The zero-order chi connectivity index (χ0) is 12.4. The van der Waals surface area contributed by atoms with Gasteiger partial charge < -0.3 is 9.64 Å². The first kappa shape index (κ1) is 11.6. The molecule has 4 heteroatoms. The summed E-state index contributed by atoms with van der Waals surface area (Å²) in [6, 6.07) is 4.53. The largest absolute Gasteiger partial charge is 0.494 e. The Hall–Kier alpha value is -1.84. The molecule has 1 amide bonds. The van der Waals surface area contributed by atoms with E-state index in [1.165, 1.54) is 19.2 Å². The molecule has 1 aliphatic rings. The fraction of sp³-hybridized carbons (Fsp3) is 0.308. The van der Waals surface area contributed by atoms with Gasteiger partial charge in [0, 0.05) is 30.6 Å². The minimum absolute atomic E-state index is 0.000494. The van der Waals surface area contributed by atoms with Gasteiger partial charge in [-0.2, -0.15) is 0 Å². The van der Waals surface area contributed by atoms with E-state index in [2.05, 4.69) is 6.58 Å². The van der Waals surface area contributed by atoms with Gasteiger partial charge in [0.25, 0.3) is 0 Å². The smallest absolute Gasteiger partial charge is 0.227 e. The number of halogens is 1. The maximum absolute atomic E-state index is 13.5. The van der Waals surface area contributed by atoms with Crippen molar-refractivity contribution in [3.05, 3.63) is 36.7 Å². The summed E-state index contributed by atoms with van der Waals surface area (Å²) < 4.78 is 18.4. The second-order valence-electron chi connectivity index (χ2n) is 4.02. The van der Waals surface area contributed by atoms with Gasteiger partial charge in [-0.05, 0) is 12.1 Å². The molecule has 0 saturated carbocycles. The Balaban J connectivity index is 2.26. The van der Waals surface area contributed by atoms with Gasteiger partial charge in [-0.25, -0.2) is 4.39 Å². The van der Waals surface area contributed by atoms with Gasteiger partial charge in [-0.15, -0.1) is 6.58 Å². The lowest BCUT2D eigenvalue weighted by Crippen LogP contribution is -2.24. The molecule has 1 saturated heterocycles. The van der Waals surface area contributed by atoms with E-state index < -0.39 is 5.82 Å². The molecule has 1 fully saturated rings. The molecular weight excluding hydrogens is 221 g/mol. The predicted octanol–water partition coefficient (Wildman–Crippen LogP) is 2.37. The molecule has 0 bridgehead atoms. The average Bonchev–Trinajstić information content (AvgIpc) is 2.70. The van der Waals surface area contributed by atoms with Crippen molar-refractivity contribution in [2.45, 2.75) is 6.42 Å². The fourth-order valence-electron chi connectivity index (χ4n) is 1.97. The van der Waals surface area contributed by atoms with Crippen LogP contribution in [0.1, 0.15) is 6.42 Å². The van der Waals surface area contributed by atoms with E-state index in [0.717, 1.165) is 0 Å². The quantitative estimate of drug-likeness (QED) is 0.753. The molecule has 0 spiro atoms. The second-order valence-corrected chi connectivity index (χ2v) is 4.02. The van der Waals surface area contributed by atoms with Gasteiger partial charge >= 0.3 is 0 Å². The summed E-state index contributed by atoms with van der Waals surface area (Å²) >= 11 is 0. The molecular formula is C13H14FNO2. The minimum atomic E-state index is -0.458. The van der Waals surface area contributed by atoms with E-state index in [1.807, 2.05) is 0 Å². The van der Waals surface area contributed by atoms with E-state index in [9.17, 15) is 9.18 Å². The standard InChI is InChI=1S/C13H14FNO2/c1-3-9-6-13(16)15(8-9)10-4-5-12(17-2)11(14)7-10/h3-5,7,9H,1,6,8H2,2H3. The van der Waals surface area contributed by atoms with Crippen LogP contribution in [0.15, 0.2) is 30.9 Å². The number of benzene rings is 1. The predicted molar refractivity (Wildman–Crippen MR) is 63.6 cm³/mol. The van der Waals surface area contributed by atoms with Gasteiger partial charge in [0.05, 0.1) is 7.11 Å². The summed E-state index contributed by atoms with van der Waals surface area (Å²) in [5.74, 6) is -0.132. The summed E-state index contributed by atoms with van der Waals surface area (Å²) in [4.78, 5) is 13.3. The number of carbonyl (C=O) groups is 1. The Labute approximate surface area is 99.5 Å². The highest BCUT2D eigenvalue weighted by atomic mass is 19.1. The van der Waals surface area contributed by atoms with Crippen LogP contribution >= 0.6 is 0 Å². The SMILES string of the molecule is C=CC1CC(=O)N(c2ccc(OC)c(F)c2)C1. The number of carbonyl (C=O) groups excluding carboxylic acids is 1. The van der Waals surface area contributed by atoms with E-state index in [4.69, 9.17) is 4.74 Å². The maximum Gasteiger partial charge on any atom is 0.227 e. The van der Waals surface area contributed by atoms with Gasteiger partial charge in [0.1, 0.15) is 0 Å². The fourth-order valence-corrected chi connectivity index (χ4v) is 1.97. The topological polar surface area (TPSA) is 29.5 Å². The van der Waals surface area contributed by atoms with Crippen molar-refractivity contribution >= 4 is 11.6 Å². The lowest BCUT2D eigenvalue weighted by atomic mass is 10.1. The van der Waals surface area contributed by atoms with Crippen LogP contribution in [-0.4, -0.2) is 19.6 Å². The third kappa shape index (κ3) is 2.16. The number of nitrogens with zero attached hydrogens (tertiary/aromatic N) is 1. The van der Waals surface area contributed by atoms with Gasteiger partial charge in [-0.3, -0.25) is 4.79 Å². The number of amides is 1. The summed E-state index contributed by atoms with van der Waals surface area (Å²) in [5.41, 5.74) is 0.567. The third-order valence-electron chi connectivity index (χ3n) is 2.94. The molecule has 1 aromatic rings. The first-order valence-electron chi connectivity index (χ1n) is 5.42. The molecule has 0 radical (unpaired) electrons. The van der Waals surface area contributed by atoms with Crippen LogP contribution in [0.2, 0.25) is 0 Å². The monoisotopic (exact) mass is 235 g/mol. The van der Waals surface area contributed by atoms with Crippen LogP contribution in [0.25, 0.3) is 0 Å². The van der Waals surface area contributed by atoms with Crippen molar-refractivity contribution in [2.75, 3.05) is 18.6 Å². The highest BCUT2D eigenvalue weighted by Crippen LogP contribution is 2.28. The number of anilines is 1. The number of hydrogen-bond donors (Lipinski definition) is 0. The van der Waals surface area contributed by atoms with Crippen LogP contribution < -0.4 is 9.64 Å². The highest BCUT2D eigenvalue weighted by molar-refractivity contribution is 5.96. The number of ether oxygens (including phenoxy) is 1. The van der Waals surface area contributed by atoms with Crippen molar-refractivity contribution in [1.29, 1.82) is 0 Å². The first-order chi connectivity index (χ1) is 8.15. The average molecular weight is 235 g/mol. The normalized spacial score (nSPS) is 19.5. The van der Waals surface area contributed by atoms with Crippen molar-refractivity contribution in [2.24, 2.45) is 5.92 Å². The Morgan fingerprint density at radius 3 is 2.88 bits per heavy atom. The molecule has 1 heterocycles. The van der Waals surface area contributed by atoms with E-state index >= 15 is 0 Å². The van der Waals surface area contributed by atoms with Gasteiger partial charge in [0.15, 0.2) is 11.6 Å². The zero-order valence-corrected chi connectivity index (χ0v) is 9.65. The maximum atomic E-state index is 13.5. The molecule has 3 nitrogen and oxygen atoms in total. The minimum Gasteiger partial charge on any atom is -0.494 e. The molecule has 1 unspecified atom stereocenters. The van der Waals surface area contributed by atoms with Crippen LogP contribution in [0.5, 0.6) is 5.75 Å². The Morgan fingerprint density at radius 1 is 1.59 bits per heavy atom. The van der Waals surface area contributed by atoms with Crippen LogP contribution in [0, 0.1) is 11.7 Å². The number of hydrogen-bond acceptors (Lipinski definition) is 2. The molecule has 2 rings (SSSR count). The molecule has 1 aromatic carbocycles. The molecule has 0 aromatic heterocycles. The van der Waals surface area contributed by atoms with Crippen molar-refractivity contribution in [3.8, 4) is 5.75 Å². The Morgan fingerprint density at radius 2 is 2.35 bits per heavy atom. The van der Waals surface area contributed by atoms with E-state index in [0.29, 0.717) is 18.7 Å². The van der Waals surface area contributed by atoms with Gasteiger partial charge in [-0.1, -0.05) is 6.08 Å². The summed E-state index contributed by atoms with van der Waals surface area (Å²) in [7, 11) is 1.41. The van der Waals surface area contributed by atoms with E-state index in [1.54, 1.807) is 17.0 Å². The number of rotatable bonds is 3. The third-order valence-corrected chi connectivity index (χ3v) is 2.94. The summed E-state index contributed by atoms with van der Waals surface area (Å²) in [6.07, 6.45) is 2.20. The lowest BCUT2D eigenvalue weighted by Gasteiger charge is -2.16. The molecule has 1 atom stereocenters. The van der Waals surface area contributed by atoms with Crippen LogP contribution in [0.3, 0.4) is 0 Å². The summed E-state index contributed by atoms with van der Waals surface area (Å²) in [5, 5.41) is 0. The Kier molecular flexibility index (Phi) is 3.13. The molecule has 90 valence electrons. The molecule has 1 aliphatic heterocycles.